The summed E-state index contributed by atoms with van der Waals surface area (Å²) in [5, 5.41) is 3.54. The lowest BCUT2D eigenvalue weighted by Gasteiger charge is -2.23. The van der Waals surface area contributed by atoms with E-state index in [0.29, 0.717) is 22.8 Å². The Labute approximate surface area is 129 Å². The molecule has 2 bridgehead atoms. The largest absolute Gasteiger partial charge is 0.476 e. The van der Waals surface area contributed by atoms with Gasteiger partial charge in [-0.05, 0) is 24.3 Å². The van der Waals surface area contributed by atoms with Crippen molar-refractivity contribution in [2.24, 2.45) is 0 Å². The van der Waals surface area contributed by atoms with Crippen molar-refractivity contribution in [1.29, 1.82) is 0 Å². The summed E-state index contributed by atoms with van der Waals surface area (Å²) >= 11 is 5.87. The molecule has 2 aliphatic rings. The third kappa shape index (κ3) is 1.82. The van der Waals surface area contributed by atoms with E-state index in [1.807, 2.05) is 18.2 Å². The van der Waals surface area contributed by atoms with E-state index < -0.39 is 17.7 Å². The van der Waals surface area contributed by atoms with Gasteiger partial charge in [0, 0.05) is 5.56 Å². The van der Waals surface area contributed by atoms with Crippen LogP contribution in [0.25, 0.3) is 11.1 Å². The van der Waals surface area contributed by atoms with E-state index in [-0.39, 0.29) is 10.6 Å². The van der Waals surface area contributed by atoms with E-state index in [1.54, 1.807) is 12.1 Å². The molecule has 2 heterocycles. The lowest BCUT2D eigenvalue weighted by Crippen LogP contribution is -2.17. The van der Waals surface area contributed by atoms with Crippen molar-refractivity contribution < 1.29 is 18.0 Å². The first-order chi connectivity index (χ1) is 10.7. The molecule has 22 heavy (non-hydrogen) atoms. The topological polar surface area (TPSA) is 35.3 Å². The molecule has 0 N–H and O–H groups in total. The third-order valence-corrected chi connectivity index (χ3v) is 3.89. The first kappa shape index (κ1) is 13.3. The standard InChI is InChI=1S/C16H8ClF2NO2/c17-13-10(19)7-6-9(18)11(13)12-14-16(15(12)22-20-14)21-8-4-2-1-3-5-8/h1-7,16H. The van der Waals surface area contributed by atoms with Gasteiger partial charge >= 0.3 is 0 Å². The molecule has 110 valence electrons. The summed E-state index contributed by atoms with van der Waals surface area (Å²) in [7, 11) is 0. The second-order valence-corrected chi connectivity index (χ2v) is 5.21. The van der Waals surface area contributed by atoms with E-state index in [0.717, 1.165) is 12.1 Å². The van der Waals surface area contributed by atoms with Gasteiger partial charge in [0.15, 0.2) is 5.76 Å². The van der Waals surface area contributed by atoms with Crippen LogP contribution in [0.4, 0.5) is 8.78 Å². The molecule has 3 nitrogen and oxygen atoms in total. The first-order valence-corrected chi connectivity index (χ1v) is 6.89. The molecule has 1 atom stereocenters. The summed E-state index contributed by atoms with van der Waals surface area (Å²) in [6, 6.07) is 11.1. The van der Waals surface area contributed by atoms with Gasteiger partial charge in [-0.1, -0.05) is 35.0 Å². The van der Waals surface area contributed by atoms with Gasteiger partial charge in [-0.25, -0.2) is 8.78 Å². The van der Waals surface area contributed by atoms with Crippen LogP contribution in [0, 0.1) is 11.6 Å². The van der Waals surface area contributed by atoms with Crippen LogP contribution in [0.15, 0.2) is 47.0 Å². The lowest BCUT2D eigenvalue weighted by atomic mass is 9.88. The molecule has 0 fully saturated rings. The van der Waals surface area contributed by atoms with Crippen molar-refractivity contribution in [1.82, 2.24) is 5.16 Å². The maximum Gasteiger partial charge on any atom is 0.205 e. The van der Waals surface area contributed by atoms with Crippen molar-refractivity contribution in [3.8, 4) is 16.9 Å². The highest BCUT2D eigenvalue weighted by atomic mass is 35.5. The fraction of sp³-hybridized carbons (Fsp3) is 0.0625. The molecule has 0 amide bonds. The van der Waals surface area contributed by atoms with Gasteiger partial charge < -0.3 is 9.26 Å². The Morgan fingerprint density at radius 2 is 1.73 bits per heavy atom. The lowest BCUT2D eigenvalue weighted by molar-refractivity contribution is 0.219. The van der Waals surface area contributed by atoms with Crippen LogP contribution < -0.4 is 4.74 Å². The van der Waals surface area contributed by atoms with Gasteiger partial charge in [0.05, 0.1) is 10.6 Å². The summed E-state index contributed by atoms with van der Waals surface area (Å²) in [5.41, 5.74) is 0.731. The van der Waals surface area contributed by atoms with Crippen LogP contribution in [0.5, 0.6) is 5.75 Å². The summed E-state index contributed by atoms with van der Waals surface area (Å²) in [6.07, 6.45) is -0.517. The van der Waals surface area contributed by atoms with Crippen LogP contribution in [-0.4, -0.2) is 5.16 Å². The first-order valence-electron chi connectivity index (χ1n) is 6.52. The van der Waals surface area contributed by atoms with Crippen molar-refractivity contribution in [3.05, 3.63) is 70.6 Å². The van der Waals surface area contributed by atoms with E-state index >= 15 is 0 Å². The molecular weight excluding hydrogens is 312 g/mol. The molecule has 1 unspecified atom stereocenters. The zero-order valence-electron chi connectivity index (χ0n) is 11.0. The highest BCUT2D eigenvalue weighted by Crippen LogP contribution is 2.50. The normalized spacial score (nSPS) is 15.5. The molecule has 1 aliphatic carbocycles. The number of hydrogen-bond donors (Lipinski definition) is 0. The molecular formula is C16H8ClF2NO2. The van der Waals surface area contributed by atoms with Crippen molar-refractivity contribution in [3.63, 3.8) is 0 Å². The van der Waals surface area contributed by atoms with Gasteiger partial charge in [-0.3, -0.25) is 0 Å². The number of fused-ring (bicyclic) bond motifs is 1. The van der Waals surface area contributed by atoms with Crippen LogP contribution in [0.3, 0.4) is 0 Å². The Morgan fingerprint density at radius 1 is 1.00 bits per heavy atom. The van der Waals surface area contributed by atoms with E-state index in [2.05, 4.69) is 5.16 Å². The fourth-order valence-corrected chi connectivity index (χ4v) is 2.72. The van der Waals surface area contributed by atoms with Crippen LogP contribution in [0.1, 0.15) is 17.6 Å². The number of ether oxygens (including phenoxy) is 1. The number of hydrogen-bond acceptors (Lipinski definition) is 3. The van der Waals surface area contributed by atoms with E-state index in [1.165, 1.54) is 0 Å². The fourth-order valence-electron chi connectivity index (χ4n) is 2.47. The maximum absolute atomic E-state index is 14.0. The minimum atomic E-state index is -0.696. The Bertz CT molecular complexity index is 843. The minimum Gasteiger partial charge on any atom is -0.476 e. The van der Waals surface area contributed by atoms with Crippen LogP contribution >= 0.6 is 11.6 Å². The zero-order chi connectivity index (χ0) is 15.3. The number of halogens is 3. The second kappa shape index (κ2) is 4.81. The van der Waals surface area contributed by atoms with E-state index in [9.17, 15) is 8.78 Å². The molecule has 0 saturated carbocycles. The van der Waals surface area contributed by atoms with E-state index in [4.69, 9.17) is 20.9 Å². The van der Waals surface area contributed by atoms with Crippen LogP contribution in [0.2, 0.25) is 5.02 Å². The molecule has 3 aromatic rings. The number of nitrogens with zero attached hydrogens (tertiary/aromatic N) is 1. The molecule has 5 rings (SSSR count). The van der Waals surface area contributed by atoms with Gasteiger partial charge in [0.25, 0.3) is 0 Å². The predicted molar refractivity (Wildman–Crippen MR) is 75.8 cm³/mol. The highest BCUT2D eigenvalue weighted by Gasteiger charge is 2.44. The van der Waals surface area contributed by atoms with Gasteiger partial charge in [0.2, 0.25) is 6.10 Å². The van der Waals surface area contributed by atoms with Gasteiger partial charge in [-0.15, -0.1) is 0 Å². The van der Waals surface area contributed by atoms with Crippen LogP contribution in [-0.2, 0) is 0 Å². The number of para-hydroxylation sites is 1. The Morgan fingerprint density at radius 3 is 2.41 bits per heavy atom. The molecule has 2 aromatic carbocycles. The average molecular weight is 320 g/mol. The third-order valence-electron chi connectivity index (χ3n) is 3.52. The summed E-state index contributed by atoms with van der Waals surface area (Å²) in [5.74, 6) is -0.354. The van der Waals surface area contributed by atoms with Gasteiger partial charge in [0.1, 0.15) is 23.1 Å². The average Bonchev–Trinajstić information content (AvgIpc) is 3.13. The number of aromatic nitrogens is 1. The molecule has 0 spiro atoms. The second-order valence-electron chi connectivity index (χ2n) is 4.84. The number of benzene rings is 2. The molecule has 1 aromatic heterocycles. The van der Waals surface area contributed by atoms with Gasteiger partial charge in [-0.2, -0.15) is 0 Å². The van der Waals surface area contributed by atoms with Crippen molar-refractivity contribution in [2.45, 2.75) is 6.10 Å². The molecule has 6 heteroatoms. The summed E-state index contributed by atoms with van der Waals surface area (Å²) in [6.45, 7) is 0. The zero-order valence-corrected chi connectivity index (χ0v) is 11.8. The molecule has 0 saturated heterocycles. The summed E-state index contributed by atoms with van der Waals surface area (Å²) < 4.78 is 38.4. The number of rotatable bonds is 3. The molecule has 0 radical (unpaired) electrons. The molecule has 1 aliphatic heterocycles. The monoisotopic (exact) mass is 319 g/mol. The Balaban J connectivity index is 1.71. The van der Waals surface area contributed by atoms with Crippen molar-refractivity contribution >= 4 is 11.6 Å². The maximum atomic E-state index is 14.0. The summed E-state index contributed by atoms with van der Waals surface area (Å²) in [4.78, 5) is 0. The SMILES string of the molecule is Fc1ccc(F)c(-c2c3noc2C3Oc2ccccc2)c1Cl. The smallest absolute Gasteiger partial charge is 0.205 e. The Hall–Kier alpha value is -2.40. The predicted octanol–water partition coefficient (Wildman–Crippen LogP) is 4.76. The van der Waals surface area contributed by atoms with Crippen molar-refractivity contribution in [2.75, 3.05) is 0 Å². The minimum absolute atomic E-state index is 0.0409. The highest BCUT2D eigenvalue weighted by molar-refractivity contribution is 6.33. The Kier molecular flexibility index (Phi) is 2.90. The quantitative estimate of drug-likeness (QED) is 0.653.